The van der Waals surface area contributed by atoms with Crippen molar-refractivity contribution in [3.05, 3.63) is 12.2 Å². The lowest BCUT2D eigenvalue weighted by atomic mass is 10.2. The molecule has 0 aromatic carbocycles. The first-order valence-corrected chi connectivity index (χ1v) is 3.86. The van der Waals surface area contributed by atoms with E-state index in [9.17, 15) is 0 Å². The van der Waals surface area contributed by atoms with Crippen molar-refractivity contribution in [1.29, 1.82) is 0 Å². The Morgan fingerprint density at radius 3 is 2.27 bits per heavy atom. The standard InChI is InChI=1S/C8H18N2O/c1-4-7(10(2)3)5-6-8(9)11/h5-8,11H,4,9H2,1-3H3/b6-5+/t7-,8-/m1/s1. The Labute approximate surface area is 68.5 Å². The van der Waals surface area contributed by atoms with Crippen molar-refractivity contribution in [2.45, 2.75) is 25.6 Å². The van der Waals surface area contributed by atoms with Crippen LogP contribution in [0.4, 0.5) is 0 Å². The van der Waals surface area contributed by atoms with E-state index >= 15 is 0 Å². The molecule has 0 aliphatic heterocycles. The smallest absolute Gasteiger partial charge is 0.121 e. The van der Waals surface area contributed by atoms with E-state index in [1.54, 1.807) is 6.08 Å². The second-order valence-electron chi connectivity index (χ2n) is 2.81. The van der Waals surface area contributed by atoms with Gasteiger partial charge in [-0.3, -0.25) is 0 Å². The van der Waals surface area contributed by atoms with Gasteiger partial charge in [0.05, 0.1) is 0 Å². The average molecular weight is 158 g/mol. The minimum atomic E-state index is -0.830. The maximum atomic E-state index is 8.75. The van der Waals surface area contributed by atoms with Crippen LogP contribution in [0.25, 0.3) is 0 Å². The van der Waals surface area contributed by atoms with Crippen LogP contribution in [0.1, 0.15) is 13.3 Å². The summed E-state index contributed by atoms with van der Waals surface area (Å²) in [6.45, 7) is 2.10. The monoisotopic (exact) mass is 158 g/mol. The second kappa shape index (κ2) is 5.29. The average Bonchev–Trinajstić information content (AvgIpc) is 1.87. The molecule has 0 rings (SSSR count). The lowest BCUT2D eigenvalue weighted by Gasteiger charge is -2.18. The summed E-state index contributed by atoms with van der Waals surface area (Å²) in [7, 11) is 4.00. The molecule has 0 bridgehead atoms. The number of nitrogens with zero attached hydrogens (tertiary/aromatic N) is 1. The van der Waals surface area contributed by atoms with Crippen LogP contribution < -0.4 is 5.73 Å². The molecule has 3 N–H and O–H groups in total. The highest BCUT2D eigenvalue weighted by Gasteiger charge is 2.02. The molecule has 2 atom stereocenters. The zero-order valence-electron chi connectivity index (χ0n) is 7.49. The van der Waals surface area contributed by atoms with E-state index in [4.69, 9.17) is 10.8 Å². The van der Waals surface area contributed by atoms with Crippen LogP contribution in [0.3, 0.4) is 0 Å². The first-order valence-electron chi connectivity index (χ1n) is 3.86. The zero-order chi connectivity index (χ0) is 8.85. The number of hydrogen-bond donors (Lipinski definition) is 2. The van der Waals surface area contributed by atoms with Crippen LogP contribution in [0.2, 0.25) is 0 Å². The predicted molar refractivity (Wildman–Crippen MR) is 47.1 cm³/mol. The van der Waals surface area contributed by atoms with Crippen molar-refractivity contribution < 1.29 is 5.11 Å². The minimum Gasteiger partial charge on any atom is -0.375 e. The number of hydrogen-bond acceptors (Lipinski definition) is 3. The molecule has 66 valence electrons. The fourth-order valence-electron chi connectivity index (χ4n) is 0.915. The van der Waals surface area contributed by atoms with Gasteiger partial charge in [0.25, 0.3) is 0 Å². The Morgan fingerprint density at radius 2 is 2.00 bits per heavy atom. The fourth-order valence-corrected chi connectivity index (χ4v) is 0.915. The first kappa shape index (κ1) is 10.6. The van der Waals surface area contributed by atoms with Gasteiger partial charge >= 0.3 is 0 Å². The molecule has 3 nitrogen and oxygen atoms in total. The van der Waals surface area contributed by atoms with Crippen molar-refractivity contribution in [2.24, 2.45) is 5.73 Å². The van der Waals surface area contributed by atoms with E-state index in [0.29, 0.717) is 6.04 Å². The quantitative estimate of drug-likeness (QED) is 0.452. The first-order chi connectivity index (χ1) is 5.07. The van der Waals surface area contributed by atoms with E-state index in [1.807, 2.05) is 20.2 Å². The Hall–Kier alpha value is -0.380. The van der Waals surface area contributed by atoms with E-state index in [2.05, 4.69) is 11.8 Å². The van der Waals surface area contributed by atoms with Crippen molar-refractivity contribution in [1.82, 2.24) is 4.90 Å². The molecule has 0 saturated heterocycles. The molecule has 0 radical (unpaired) electrons. The molecule has 11 heavy (non-hydrogen) atoms. The third-order valence-corrected chi connectivity index (χ3v) is 1.61. The minimum absolute atomic E-state index is 0.369. The number of nitrogens with two attached hydrogens (primary N) is 1. The Morgan fingerprint density at radius 1 is 1.45 bits per heavy atom. The maximum Gasteiger partial charge on any atom is 0.121 e. The molecule has 0 aromatic rings. The molecule has 0 aromatic heterocycles. The maximum absolute atomic E-state index is 8.75. The molecule has 0 heterocycles. The third kappa shape index (κ3) is 4.95. The summed E-state index contributed by atoms with van der Waals surface area (Å²) in [5.74, 6) is 0. The normalized spacial score (nSPS) is 17.6. The molecule has 3 heteroatoms. The summed E-state index contributed by atoms with van der Waals surface area (Å²) in [6.07, 6.45) is 3.72. The van der Waals surface area contributed by atoms with E-state index in [1.165, 1.54) is 0 Å². The number of likely N-dealkylation sites (N-methyl/N-ethyl adjacent to an activating group) is 1. The van der Waals surface area contributed by atoms with Gasteiger partial charge in [0.15, 0.2) is 0 Å². The van der Waals surface area contributed by atoms with Gasteiger partial charge in [0.2, 0.25) is 0 Å². The highest BCUT2D eigenvalue weighted by atomic mass is 16.3. The number of aliphatic hydroxyl groups excluding tert-OH is 1. The lowest BCUT2D eigenvalue weighted by Crippen LogP contribution is -2.26. The highest BCUT2D eigenvalue weighted by molar-refractivity contribution is 4.94. The molecule has 0 aliphatic rings. The third-order valence-electron chi connectivity index (χ3n) is 1.61. The van der Waals surface area contributed by atoms with Crippen molar-refractivity contribution in [3.63, 3.8) is 0 Å². The van der Waals surface area contributed by atoms with Crippen molar-refractivity contribution >= 4 is 0 Å². The van der Waals surface area contributed by atoms with Gasteiger partial charge in [-0.05, 0) is 26.6 Å². The van der Waals surface area contributed by atoms with Crippen molar-refractivity contribution in [2.75, 3.05) is 14.1 Å². The summed E-state index contributed by atoms with van der Waals surface area (Å²) in [5.41, 5.74) is 5.15. The molecule has 0 aliphatic carbocycles. The summed E-state index contributed by atoms with van der Waals surface area (Å²) >= 11 is 0. The van der Waals surface area contributed by atoms with Crippen LogP contribution in [-0.2, 0) is 0 Å². The van der Waals surface area contributed by atoms with Gasteiger partial charge in [0, 0.05) is 6.04 Å². The van der Waals surface area contributed by atoms with Gasteiger partial charge in [-0.25, -0.2) is 0 Å². The van der Waals surface area contributed by atoms with E-state index < -0.39 is 6.23 Å². The molecule has 0 saturated carbocycles. The molecule has 0 amide bonds. The second-order valence-corrected chi connectivity index (χ2v) is 2.81. The van der Waals surface area contributed by atoms with Crippen LogP contribution >= 0.6 is 0 Å². The van der Waals surface area contributed by atoms with Crippen LogP contribution in [0, 0.1) is 0 Å². The summed E-state index contributed by atoms with van der Waals surface area (Å²) in [6, 6.07) is 0.369. The van der Waals surface area contributed by atoms with E-state index in [0.717, 1.165) is 6.42 Å². The fraction of sp³-hybridized carbons (Fsp3) is 0.750. The van der Waals surface area contributed by atoms with Crippen LogP contribution in [0.5, 0.6) is 0 Å². The number of aliphatic hydroxyl groups is 1. The summed E-state index contributed by atoms with van der Waals surface area (Å²) in [4.78, 5) is 2.08. The summed E-state index contributed by atoms with van der Waals surface area (Å²) < 4.78 is 0. The van der Waals surface area contributed by atoms with Gasteiger partial charge in [-0.2, -0.15) is 0 Å². The molecule has 0 fully saturated rings. The van der Waals surface area contributed by atoms with Gasteiger partial charge < -0.3 is 15.7 Å². The molecule has 0 unspecified atom stereocenters. The van der Waals surface area contributed by atoms with Crippen LogP contribution in [-0.4, -0.2) is 36.4 Å². The van der Waals surface area contributed by atoms with Gasteiger partial charge in [-0.1, -0.05) is 13.0 Å². The molecular weight excluding hydrogens is 140 g/mol. The van der Waals surface area contributed by atoms with Gasteiger partial charge in [-0.15, -0.1) is 0 Å². The van der Waals surface area contributed by atoms with Crippen LogP contribution in [0.15, 0.2) is 12.2 Å². The largest absolute Gasteiger partial charge is 0.375 e. The topological polar surface area (TPSA) is 49.5 Å². The lowest BCUT2D eigenvalue weighted by molar-refractivity contribution is 0.229. The van der Waals surface area contributed by atoms with E-state index in [-0.39, 0.29) is 0 Å². The Kier molecular flexibility index (Phi) is 5.11. The molecule has 0 spiro atoms. The Balaban J connectivity index is 3.87. The van der Waals surface area contributed by atoms with Gasteiger partial charge in [0.1, 0.15) is 6.23 Å². The predicted octanol–water partition coefficient (Wildman–Crippen LogP) is 0.160. The SMILES string of the molecule is CC[C@H](/C=C/[C@H](N)O)N(C)C. The number of rotatable bonds is 4. The van der Waals surface area contributed by atoms with Crippen molar-refractivity contribution in [3.8, 4) is 0 Å². The summed E-state index contributed by atoms with van der Waals surface area (Å²) in [5, 5.41) is 8.75. The Bertz CT molecular complexity index is 121. The zero-order valence-corrected chi connectivity index (χ0v) is 7.49. The molecular formula is C8H18N2O. The highest BCUT2D eigenvalue weighted by Crippen LogP contribution is 2.00.